The Morgan fingerprint density at radius 3 is 2.69 bits per heavy atom. The van der Waals surface area contributed by atoms with Crippen LogP contribution < -0.4 is 0 Å². The molecule has 0 heterocycles. The third-order valence-corrected chi connectivity index (χ3v) is 1.50. The number of hydrogen-bond donors (Lipinski definition) is 0. The molecule has 0 unspecified atom stereocenters. The van der Waals surface area contributed by atoms with E-state index in [9.17, 15) is 0 Å². The molecule has 0 N–H and O–H groups in total. The molecule has 0 spiro atoms. The van der Waals surface area contributed by atoms with Crippen molar-refractivity contribution >= 4 is 0 Å². The Morgan fingerprint density at radius 2 is 2.15 bits per heavy atom. The van der Waals surface area contributed by atoms with E-state index in [4.69, 9.17) is 9.47 Å². The topological polar surface area (TPSA) is 18.5 Å². The van der Waals surface area contributed by atoms with Crippen LogP contribution in [0.4, 0.5) is 0 Å². The van der Waals surface area contributed by atoms with Crippen molar-refractivity contribution in [1.82, 2.24) is 0 Å². The molecule has 1 radical (unpaired) electrons. The van der Waals surface area contributed by atoms with Gasteiger partial charge in [0.2, 0.25) is 6.29 Å². The van der Waals surface area contributed by atoms with Crippen LogP contribution in [-0.2, 0) is 9.47 Å². The molecule has 0 aromatic heterocycles. The minimum atomic E-state index is 0.467. The van der Waals surface area contributed by atoms with Crippen molar-refractivity contribution in [3.05, 3.63) is 31.6 Å². The van der Waals surface area contributed by atoms with Crippen LogP contribution in [0.1, 0.15) is 26.2 Å². The Kier molecular flexibility index (Phi) is 9.05. The molecule has 0 saturated carbocycles. The standard InChI is InChI=1S/C11H19O2/c1-4-7-8-10-13-11(6-3)12-9-5-2/h5-6H,2-4,7-10H2,1H3/i9+2,10+2. The van der Waals surface area contributed by atoms with E-state index in [0.29, 0.717) is 19.5 Å². The monoisotopic (exact) mass is 187 g/mol. The fourth-order valence-corrected chi connectivity index (χ4v) is 0.825. The zero-order chi connectivity index (χ0) is 9.94. The Morgan fingerprint density at radius 1 is 1.38 bits per heavy atom. The molecule has 0 atom stereocenters. The smallest absolute Gasteiger partial charge is 0.248 e. The van der Waals surface area contributed by atoms with Crippen molar-refractivity contribution in [1.29, 1.82) is 0 Å². The highest BCUT2D eigenvalue weighted by Crippen LogP contribution is 2.07. The largest absolute Gasteiger partial charge is 0.342 e. The molecule has 0 amide bonds. The lowest BCUT2D eigenvalue weighted by Crippen LogP contribution is -2.06. The fraction of sp³-hybridized carbons (Fsp3) is 0.545. The average molecular weight is 187 g/mol. The lowest BCUT2D eigenvalue weighted by Gasteiger charge is -2.11. The second kappa shape index (κ2) is 9.49. The van der Waals surface area contributed by atoms with E-state index in [1.165, 1.54) is 12.8 Å². The van der Waals surface area contributed by atoms with Gasteiger partial charge in [-0.25, -0.2) is 0 Å². The Hall–Kier alpha value is -0.600. The maximum atomic E-state index is 5.32. The lowest BCUT2D eigenvalue weighted by atomic mass is 10.3. The quantitative estimate of drug-likeness (QED) is 0.408. The van der Waals surface area contributed by atoms with Gasteiger partial charge in [0.05, 0.1) is 13.2 Å². The third kappa shape index (κ3) is 7.75. The summed E-state index contributed by atoms with van der Waals surface area (Å²) in [7, 11) is 0. The second-order valence-corrected chi connectivity index (χ2v) is 2.68. The third-order valence-electron chi connectivity index (χ3n) is 1.50. The van der Waals surface area contributed by atoms with Gasteiger partial charge in [-0.05, 0) is 12.5 Å². The highest BCUT2D eigenvalue weighted by atomic mass is 16.8. The number of hydrogen-bond acceptors (Lipinski definition) is 2. The molecular formula is C11H19O2. The van der Waals surface area contributed by atoms with Gasteiger partial charge in [-0.15, -0.1) is 6.58 Å². The molecule has 0 bridgehead atoms. The van der Waals surface area contributed by atoms with Gasteiger partial charge < -0.3 is 9.47 Å². The molecule has 0 aromatic rings. The molecule has 2 heteroatoms. The van der Waals surface area contributed by atoms with Crippen molar-refractivity contribution in [2.45, 2.75) is 26.2 Å². The van der Waals surface area contributed by atoms with E-state index in [2.05, 4.69) is 20.1 Å². The SMILES string of the molecule is C=C[14CH2]O[C](C=C)O[14CH2]CCCC. The highest BCUT2D eigenvalue weighted by molar-refractivity contribution is 4.89. The predicted octanol–water partition coefficient (Wildman–Crippen LogP) is 3.07. The summed E-state index contributed by atoms with van der Waals surface area (Å²) < 4.78 is 10.5. The van der Waals surface area contributed by atoms with Gasteiger partial charge in [0.1, 0.15) is 0 Å². The van der Waals surface area contributed by atoms with Crippen molar-refractivity contribution < 1.29 is 9.47 Å². The molecule has 0 saturated heterocycles. The Bertz CT molecular complexity index is 132. The Balaban J connectivity index is 3.36. The van der Waals surface area contributed by atoms with E-state index in [1.807, 2.05) is 0 Å². The minimum Gasteiger partial charge on any atom is -0.342 e. The van der Waals surface area contributed by atoms with Gasteiger partial charge in [-0.3, -0.25) is 0 Å². The van der Waals surface area contributed by atoms with Gasteiger partial charge >= 0.3 is 0 Å². The summed E-state index contributed by atoms with van der Waals surface area (Å²) in [5, 5.41) is 0. The molecule has 13 heavy (non-hydrogen) atoms. The zero-order valence-corrected chi connectivity index (χ0v) is 8.42. The summed E-state index contributed by atoms with van der Waals surface area (Å²) in [6, 6.07) is 0. The first kappa shape index (κ1) is 12.4. The summed E-state index contributed by atoms with van der Waals surface area (Å²) in [6.45, 7) is 10.5. The fourth-order valence-electron chi connectivity index (χ4n) is 0.825. The van der Waals surface area contributed by atoms with Crippen LogP contribution in [0.15, 0.2) is 25.3 Å². The van der Waals surface area contributed by atoms with E-state index in [0.717, 1.165) is 6.42 Å². The molecule has 75 valence electrons. The van der Waals surface area contributed by atoms with Crippen LogP contribution in [-0.4, -0.2) is 13.2 Å². The van der Waals surface area contributed by atoms with Crippen molar-refractivity contribution in [2.24, 2.45) is 0 Å². The van der Waals surface area contributed by atoms with Crippen molar-refractivity contribution in [3.8, 4) is 0 Å². The zero-order valence-electron chi connectivity index (χ0n) is 8.42. The van der Waals surface area contributed by atoms with Crippen LogP contribution in [0.25, 0.3) is 0 Å². The van der Waals surface area contributed by atoms with Crippen LogP contribution in [0.2, 0.25) is 0 Å². The number of ether oxygens (including phenoxy) is 2. The van der Waals surface area contributed by atoms with Crippen LogP contribution in [0.3, 0.4) is 0 Å². The van der Waals surface area contributed by atoms with Gasteiger partial charge in [0.25, 0.3) is 0 Å². The van der Waals surface area contributed by atoms with Gasteiger partial charge in [-0.2, -0.15) is 0 Å². The van der Waals surface area contributed by atoms with E-state index < -0.39 is 0 Å². The van der Waals surface area contributed by atoms with Gasteiger partial charge in [-0.1, -0.05) is 32.4 Å². The lowest BCUT2D eigenvalue weighted by molar-refractivity contribution is -0.0123. The van der Waals surface area contributed by atoms with Gasteiger partial charge in [0, 0.05) is 0 Å². The Labute approximate surface area is 81.2 Å². The predicted molar refractivity (Wildman–Crippen MR) is 55.1 cm³/mol. The molecular weight excluding hydrogens is 168 g/mol. The van der Waals surface area contributed by atoms with Crippen molar-refractivity contribution in [2.75, 3.05) is 13.2 Å². The first-order valence-electron chi connectivity index (χ1n) is 4.71. The highest BCUT2D eigenvalue weighted by Gasteiger charge is 2.04. The molecule has 0 aliphatic carbocycles. The molecule has 0 fully saturated rings. The summed E-state index contributed by atoms with van der Waals surface area (Å²) in [4.78, 5) is 0. The molecule has 0 rings (SSSR count). The first-order chi connectivity index (χ1) is 6.35. The van der Waals surface area contributed by atoms with E-state index >= 15 is 0 Å². The van der Waals surface area contributed by atoms with Gasteiger partial charge in [0.15, 0.2) is 0 Å². The molecule has 0 aromatic carbocycles. The summed E-state index contributed by atoms with van der Waals surface area (Å²) >= 11 is 0. The maximum Gasteiger partial charge on any atom is 0.248 e. The average Bonchev–Trinajstić information content (AvgIpc) is 2.17. The number of rotatable bonds is 9. The van der Waals surface area contributed by atoms with E-state index in [1.54, 1.807) is 12.2 Å². The molecule has 2 nitrogen and oxygen atoms in total. The van der Waals surface area contributed by atoms with Crippen molar-refractivity contribution in [3.63, 3.8) is 0 Å². The second-order valence-electron chi connectivity index (χ2n) is 2.68. The molecule has 0 aliphatic heterocycles. The summed E-state index contributed by atoms with van der Waals surface area (Å²) in [5.74, 6) is 0. The van der Waals surface area contributed by atoms with E-state index in [-0.39, 0.29) is 0 Å². The summed E-state index contributed by atoms with van der Waals surface area (Å²) in [6.07, 6.45) is 7.20. The summed E-state index contributed by atoms with van der Waals surface area (Å²) in [5.41, 5.74) is 0. The van der Waals surface area contributed by atoms with Crippen LogP contribution in [0, 0.1) is 6.29 Å². The first-order valence-corrected chi connectivity index (χ1v) is 4.71. The normalized spacial score (nSPS) is 10.3. The maximum absolute atomic E-state index is 5.32. The van der Waals surface area contributed by atoms with Crippen LogP contribution in [0.5, 0.6) is 0 Å². The molecule has 0 aliphatic rings. The number of unbranched alkanes of at least 4 members (excludes halogenated alkanes) is 2. The minimum absolute atomic E-state index is 0.467. The van der Waals surface area contributed by atoms with Crippen LogP contribution >= 0.6 is 0 Å².